The van der Waals surface area contributed by atoms with Gasteiger partial charge in [0.2, 0.25) is 12.0 Å². The third-order valence-electron chi connectivity index (χ3n) is 2.65. The van der Waals surface area contributed by atoms with E-state index in [9.17, 15) is 9.18 Å². The van der Waals surface area contributed by atoms with E-state index in [-0.39, 0.29) is 11.5 Å². The van der Waals surface area contributed by atoms with Gasteiger partial charge >= 0.3 is 0 Å². The van der Waals surface area contributed by atoms with Crippen molar-refractivity contribution in [2.75, 3.05) is 0 Å². The third-order valence-corrected chi connectivity index (χ3v) is 2.65. The van der Waals surface area contributed by atoms with Crippen LogP contribution in [-0.2, 0) is 4.79 Å². The molecule has 1 heterocycles. The van der Waals surface area contributed by atoms with Crippen molar-refractivity contribution >= 4 is 22.9 Å². The van der Waals surface area contributed by atoms with E-state index in [1.54, 1.807) is 18.2 Å². The van der Waals surface area contributed by atoms with Crippen LogP contribution in [0.2, 0.25) is 0 Å². The number of benzene rings is 2. The van der Waals surface area contributed by atoms with Crippen molar-refractivity contribution in [2.24, 2.45) is 4.99 Å². The number of aromatic nitrogens is 1. The minimum atomic E-state index is -0.489. The van der Waals surface area contributed by atoms with Gasteiger partial charge in [0.25, 0.3) is 0 Å². The second kappa shape index (κ2) is 4.48. The van der Waals surface area contributed by atoms with Gasteiger partial charge in [0.15, 0.2) is 5.58 Å². The van der Waals surface area contributed by atoms with Crippen molar-refractivity contribution in [3.8, 4) is 11.5 Å². The molecule has 0 bridgehead atoms. The molecule has 0 fully saturated rings. The zero-order valence-electron chi connectivity index (χ0n) is 9.63. The molecular formula is C14H7FN2O2. The molecule has 2 aromatic carbocycles. The van der Waals surface area contributed by atoms with Crippen molar-refractivity contribution in [3.63, 3.8) is 0 Å². The van der Waals surface area contributed by atoms with Gasteiger partial charge in [-0.3, -0.25) is 0 Å². The van der Waals surface area contributed by atoms with Crippen LogP contribution in [0.25, 0.3) is 22.6 Å². The lowest BCUT2D eigenvalue weighted by atomic mass is 10.2. The third kappa shape index (κ3) is 2.03. The zero-order chi connectivity index (χ0) is 13.2. The molecule has 3 aromatic rings. The van der Waals surface area contributed by atoms with Crippen molar-refractivity contribution < 1.29 is 13.6 Å². The average Bonchev–Trinajstić information content (AvgIpc) is 2.85. The maximum atomic E-state index is 13.8. The highest BCUT2D eigenvalue weighted by Crippen LogP contribution is 2.29. The monoisotopic (exact) mass is 254 g/mol. The first-order valence-electron chi connectivity index (χ1n) is 5.51. The summed E-state index contributed by atoms with van der Waals surface area (Å²) in [5.74, 6) is -0.335. The van der Waals surface area contributed by atoms with Gasteiger partial charge in [-0.1, -0.05) is 12.1 Å². The molecule has 0 aliphatic heterocycles. The number of hydrogen-bond donors (Lipinski definition) is 0. The Labute approximate surface area is 107 Å². The van der Waals surface area contributed by atoms with E-state index >= 15 is 0 Å². The van der Waals surface area contributed by atoms with E-state index in [0.717, 1.165) is 0 Å². The lowest BCUT2D eigenvalue weighted by Gasteiger charge is -1.98. The molecule has 3 rings (SSSR count). The van der Waals surface area contributed by atoms with E-state index in [2.05, 4.69) is 9.98 Å². The summed E-state index contributed by atoms with van der Waals surface area (Å²) in [7, 11) is 0. The molecule has 0 radical (unpaired) electrons. The van der Waals surface area contributed by atoms with Crippen LogP contribution in [0.1, 0.15) is 0 Å². The fourth-order valence-corrected chi connectivity index (χ4v) is 1.79. The molecule has 92 valence electrons. The highest BCUT2D eigenvalue weighted by atomic mass is 19.1. The molecule has 0 saturated carbocycles. The Bertz CT molecular complexity index is 771. The predicted molar refractivity (Wildman–Crippen MR) is 67.2 cm³/mol. The summed E-state index contributed by atoms with van der Waals surface area (Å²) >= 11 is 0. The maximum absolute atomic E-state index is 13.8. The number of aliphatic imine (C=N–C) groups is 1. The molecule has 4 nitrogen and oxygen atoms in total. The van der Waals surface area contributed by atoms with Gasteiger partial charge in [-0.05, 0) is 30.3 Å². The van der Waals surface area contributed by atoms with Gasteiger partial charge in [0.1, 0.15) is 11.3 Å². The van der Waals surface area contributed by atoms with Crippen LogP contribution in [0.5, 0.6) is 0 Å². The number of isocyanates is 1. The molecule has 0 atom stereocenters. The predicted octanol–water partition coefficient (Wildman–Crippen LogP) is 3.60. The van der Waals surface area contributed by atoms with Crippen LogP contribution >= 0.6 is 0 Å². The summed E-state index contributed by atoms with van der Waals surface area (Å²) in [5.41, 5.74) is 1.67. The molecule has 0 aliphatic carbocycles. The van der Waals surface area contributed by atoms with Crippen LogP contribution in [0.15, 0.2) is 51.9 Å². The van der Waals surface area contributed by atoms with Crippen molar-refractivity contribution in [1.82, 2.24) is 4.98 Å². The Hall–Kier alpha value is -2.78. The molecule has 19 heavy (non-hydrogen) atoms. The topological polar surface area (TPSA) is 55.5 Å². The fraction of sp³-hybridized carbons (Fsp3) is 0. The molecule has 1 aromatic heterocycles. The highest BCUT2D eigenvalue weighted by Gasteiger charge is 2.13. The van der Waals surface area contributed by atoms with E-state index in [0.29, 0.717) is 16.8 Å². The number of para-hydroxylation sites is 2. The Morgan fingerprint density at radius 2 is 2.05 bits per heavy atom. The summed E-state index contributed by atoms with van der Waals surface area (Å²) < 4.78 is 19.3. The number of fused-ring (bicyclic) bond motifs is 1. The first kappa shape index (κ1) is 11.3. The van der Waals surface area contributed by atoms with E-state index in [4.69, 9.17) is 4.42 Å². The van der Waals surface area contributed by atoms with Gasteiger partial charge in [-0.25, -0.2) is 14.2 Å². The fourth-order valence-electron chi connectivity index (χ4n) is 1.79. The SMILES string of the molecule is O=C=Nc1ccc(F)c(-c2nc3ccccc3o2)c1. The number of rotatable bonds is 2. The molecule has 0 N–H and O–H groups in total. The number of hydrogen-bond acceptors (Lipinski definition) is 4. The van der Waals surface area contributed by atoms with Crippen LogP contribution < -0.4 is 0 Å². The Morgan fingerprint density at radius 1 is 1.21 bits per heavy atom. The standard InChI is InChI=1S/C14H7FN2O2/c15-11-6-5-9(16-8-18)7-10(11)14-17-12-3-1-2-4-13(12)19-14/h1-7H. The molecular weight excluding hydrogens is 247 g/mol. The highest BCUT2D eigenvalue weighted by molar-refractivity contribution is 5.76. The summed E-state index contributed by atoms with van der Waals surface area (Å²) in [6, 6.07) is 11.1. The van der Waals surface area contributed by atoms with Gasteiger partial charge < -0.3 is 4.42 Å². The van der Waals surface area contributed by atoms with Gasteiger partial charge in [0, 0.05) is 0 Å². The lowest BCUT2D eigenvalue weighted by molar-refractivity contribution is 0.565. The van der Waals surface area contributed by atoms with Crippen LogP contribution in [0.3, 0.4) is 0 Å². The van der Waals surface area contributed by atoms with Gasteiger partial charge in [0.05, 0.1) is 11.3 Å². The maximum Gasteiger partial charge on any atom is 0.240 e. The summed E-state index contributed by atoms with van der Waals surface area (Å²) in [4.78, 5) is 17.9. The van der Waals surface area contributed by atoms with Crippen molar-refractivity contribution in [2.45, 2.75) is 0 Å². The molecule has 0 amide bonds. The molecule has 5 heteroatoms. The second-order valence-electron chi connectivity index (χ2n) is 3.85. The second-order valence-corrected chi connectivity index (χ2v) is 3.85. The van der Waals surface area contributed by atoms with Crippen molar-refractivity contribution in [1.29, 1.82) is 0 Å². The Morgan fingerprint density at radius 3 is 2.84 bits per heavy atom. The summed E-state index contributed by atoms with van der Waals surface area (Å²) in [5, 5.41) is 0. The zero-order valence-corrected chi connectivity index (χ0v) is 9.63. The molecule has 0 unspecified atom stereocenters. The Kier molecular flexibility index (Phi) is 2.67. The normalized spacial score (nSPS) is 10.4. The van der Waals surface area contributed by atoms with Crippen LogP contribution in [0, 0.1) is 5.82 Å². The quantitative estimate of drug-likeness (QED) is 0.518. The van der Waals surface area contributed by atoms with E-state index in [1.807, 2.05) is 6.07 Å². The van der Waals surface area contributed by atoms with Crippen LogP contribution in [-0.4, -0.2) is 11.1 Å². The molecule has 0 aliphatic rings. The summed E-state index contributed by atoms with van der Waals surface area (Å²) in [6.45, 7) is 0. The minimum Gasteiger partial charge on any atom is -0.436 e. The van der Waals surface area contributed by atoms with Gasteiger partial charge in [-0.2, -0.15) is 4.99 Å². The number of oxazole rings is 1. The van der Waals surface area contributed by atoms with E-state index < -0.39 is 5.82 Å². The smallest absolute Gasteiger partial charge is 0.240 e. The lowest BCUT2D eigenvalue weighted by Crippen LogP contribution is -1.83. The number of halogens is 1. The summed E-state index contributed by atoms with van der Waals surface area (Å²) in [6.07, 6.45) is 1.41. The van der Waals surface area contributed by atoms with Crippen LogP contribution in [0.4, 0.5) is 10.1 Å². The Balaban J connectivity index is 2.19. The van der Waals surface area contributed by atoms with Gasteiger partial charge in [-0.15, -0.1) is 0 Å². The van der Waals surface area contributed by atoms with Crippen molar-refractivity contribution in [3.05, 3.63) is 48.3 Å². The number of carbonyl (C=O) groups excluding carboxylic acids is 1. The molecule has 0 spiro atoms. The largest absolute Gasteiger partial charge is 0.436 e. The first-order valence-corrected chi connectivity index (χ1v) is 5.51. The number of nitrogens with zero attached hydrogens (tertiary/aromatic N) is 2. The average molecular weight is 254 g/mol. The minimum absolute atomic E-state index is 0.154. The van der Waals surface area contributed by atoms with E-state index in [1.165, 1.54) is 24.3 Å². The molecule has 0 saturated heterocycles. The first-order chi connectivity index (χ1) is 9.28.